The predicted molar refractivity (Wildman–Crippen MR) is 94.9 cm³/mol. The zero-order chi connectivity index (χ0) is 17.6. The Labute approximate surface area is 149 Å². The highest BCUT2D eigenvalue weighted by Crippen LogP contribution is 2.28. The first-order chi connectivity index (χ1) is 10.8. The number of nitrogens with one attached hydrogen (secondary N) is 2. The number of nitrogens with zero attached hydrogens (tertiary/aromatic N) is 1. The molecule has 0 aromatic heterocycles. The maximum atomic E-state index is 11.6. The van der Waals surface area contributed by atoms with Gasteiger partial charge in [-0.2, -0.15) is 0 Å². The van der Waals surface area contributed by atoms with Crippen LogP contribution in [0.15, 0.2) is 5.16 Å². The van der Waals surface area contributed by atoms with Crippen molar-refractivity contribution in [2.45, 2.75) is 71.5 Å². The summed E-state index contributed by atoms with van der Waals surface area (Å²) < 4.78 is 0. The number of hydrogen-bond donors (Lipinski definition) is 4. The first-order valence-electron chi connectivity index (χ1n) is 8.28. The molecule has 1 aliphatic heterocycles. The van der Waals surface area contributed by atoms with Crippen molar-refractivity contribution in [2.75, 3.05) is 0 Å². The average Bonchev–Trinajstić information content (AvgIpc) is 2.95. The molecule has 0 radical (unpaired) electrons. The predicted octanol–water partition coefficient (Wildman–Crippen LogP) is 2.02. The Hall–Kier alpha value is -1.34. The molecule has 0 aliphatic carbocycles. The van der Waals surface area contributed by atoms with Gasteiger partial charge >= 0.3 is 5.97 Å². The molecule has 0 unspecified atom stereocenters. The fourth-order valence-electron chi connectivity index (χ4n) is 3.43. The van der Waals surface area contributed by atoms with E-state index in [4.69, 9.17) is 5.21 Å². The molecule has 0 aromatic carbocycles. The zero-order valence-corrected chi connectivity index (χ0v) is 15.6. The van der Waals surface area contributed by atoms with Gasteiger partial charge in [0.15, 0.2) is 0 Å². The first kappa shape index (κ1) is 22.7. The molecule has 1 rings (SSSR count). The summed E-state index contributed by atoms with van der Waals surface area (Å²) in [4.78, 5) is 22.9. The van der Waals surface area contributed by atoms with Gasteiger partial charge in [0.1, 0.15) is 6.04 Å². The van der Waals surface area contributed by atoms with Crippen LogP contribution in [0.25, 0.3) is 0 Å². The van der Waals surface area contributed by atoms with Gasteiger partial charge in [-0.15, -0.1) is 12.4 Å². The van der Waals surface area contributed by atoms with Crippen LogP contribution in [0, 0.1) is 11.8 Å². The van der Waals surface area contributed by atoms with Crippen LogP contribution in [-0.2, 0) is 9.59 Å². The fraction of sp³-hybridized carbons (Fsp3) is 0.812. The minimum Gasteiger partial charge on any atom is -0.480 e. The number of rotatable bonds is 8. The molecule has 0 bridgehead atoms. The molecular formula is C16H30ClN3O4. The Morgan fingerprint density at radius 1 is 1.29 bits per heavy atom. The van der Waals surface area contributed by atoms with E-state index in [2.05, 4.69) is 29.6 Å². The molecule has 1 fully saturated rings. The lowest BCUT2D eigenvalue weighted by atomic mass is 9.84. The van der Waals surface area contributed by atoms with E-state index in [0.29, 0.717) is 18.1 Å². The van der Waals surface area contributed by atoms with Crippen LogP contribution in [-0.4, -0.2) is 46.0 Å². The molecule has 0 aromatic rings. The highest BCUT2D eigenvalue weighted by Gasteiger charge is 2.43. The summed E-state index contributed by atoms with van der Waals surface area (Å²) in [5.74, 6) is -0.830. The van der Waals surface area contributed by atoms with Gasteiger partial charge in [-0.3, -0.25) is 14.9 Å². The molecule has 1 amide bonds. The number of carbonyl (C=O) groups excluding carboxylic acids is 1. The zero-order valence-electron chi connectivity index (χ0n) is 14.8. The number of carbonyl (C=O) groups is 2. The molecule has 24 heavy (non-hydrogen) atoms. The summed E-state index contributed by atoms with van der Waals surface area (Å²) >= 11 is 0. The highest BCUT2D eigenvalue weighted by molar-refractivity contribution is 5.87. The smallest absolute Gasteiger partial charge is 0.320 e. The van der Waals surface area contributed by atoms with Gasteiger partial charge in [0.25, 0.3) is 0 Å². The number of amides is 1. The topological polar surface area (TPSA) is 111 Å². The van der Waals surface area contributed by atoms with Crippen molar-refractivity contribution in [2.24, 2.45) is 17.0 Å². The van der Waals surface area contributed by atoms with Crippen LogP contribution in [0.5, 0.6) is 0 Å². The lowest BCUT2D eigenvalue weighted by Crippen LogP contribution is -2.53. The minimum absolute atomic E-state index is 0. The molecule has 7 nitrogen and oxygen atoms in total. The molecule has 1 heterocycles. The van der Waals surface area contributed by atoms with Crippen LogP contribution in [0.2, 0.25) is 0 Å². The third kappa shape index (κ3) is 5.94. The Balaban J connectivity index is 0.00000529. The number of carboxylic acid groups (broad SMARTS) is 1. The van der Waals surface area contributed by atoms with Gasteiger partial charge < -0.3 is 15.6 Å². The number of hydrogen-bond acceptors (Lipinski definition) is 5. The van der Waals surface area contributed by atoms with E-state index < -0.39 is 12.0 Å². The summed E-state index contributed by atoms with van der Waals surface area (Å²) in [5, 5.41) is 27.7. The maximum Gasteiger partial charge on any atom is 0.320 e. The van der Waals surface area contributed by atoms with Crippen molar-refractivity contribution >= 4 is 30.0 Å². The van der Waals surface area contributed by atoms with E-state index in [9.17, 15) is 14.7 Å². The average molecular weight is 364 g/mol. The van der Waals surface area contributed by atoms with Crippen molar-refractivity contribution in [1.29, 1.82) is 0 Å². The number of halogens is 1. The largest absolute Gasteiger partial charge is 0.480 e. The maximum absolute atomic E-state index is 11.6. The van der Waals surface area contributed by atoms with E-state index in [0.717, 1.165) is 19.3 Å². The molecular weight excluding hydrogens is 334 g/mol. The number of aliphatic carboxylic acids is 1. The number of oxime groups is 1. The van der Waals surface area contributed by atoms with E-state index in [1.54, 1.807) is 6.92 Å². The van der Waals surface area contributed by atoms with Gasteiger partial charge in [0.05, 0.1) is 5.71 Å². The SMILES string of the molecule is CCC(CC)C[C@H](NC(C)=O)[C@@H]1N[C@@H](C(=O)O)C[C@H]1/C(C)=N\O.Cl. The molecule has 140 valence electrons. The summed E-state index contributed by atoms with van der Waals surface area (Å²) in [6.07, 6.45) is 3.12. The van der Waals surface area contributed by atoms with E-state index in [-0.39, 0.29) is 36.3 Å². The molecule has 8 heteroatoms. The molecule has 4 N–H and O–H groups in total. The third-order valence-electron chi connectivity index (χ3n) is 4.87. The second-order valence-electron chi connectivity index (χ2n) is 6.39. The van der Waals surface area contributed by atoms with E-state index >= 15 is 0 Å². The van der Waals surface area contributed by atoms with Crippen LogP contribution >= 0.6 is 12.4 Å². The monoisotopic (exact) mass is 363 g/mol. The van der Waals surface area contributed by atoms with E-state index in [1.807, 2.05) is 0 Å². The standard InChI is InChI=1S/C16H29N3O4.ClH/c1-5-11(6-2)7-13(17-10(4)20)15-12(9(3)19-23)8-14(18-15)16(21)22;/h11-15,18,23H,5-8H2,1-4H3,(H,17,20)(H,21,22);1H/b19-9-;/t12-,13-,14+,15+;/m0./s1. The van der Waals surface area contributed by atoms with Gasteiger partial charge in [-0.05, 0) is 25.7 Å². The first-order valence-corrected chi connectivity index (χ1v) is 8.28. The normalized spacial score (nSPS) is 25.2. The quantitative estimate of drug-likeness (QED) is 0.299. The third-order valence-corrected chi connectivity index (χ3v) is 4.87. The fourth-order valence-corrected chi connectivity index (χ4v) is 3.43. The second-order valence-corrected chi connectivity index (χ2v) is 6.39. The van der Waals surface area contributed by atoms with Crippen LogP contribution in [0.4, 0.5) is 0 Å². The molecule has 1 aliphatic rings. The van der Waals surface area contributed by atoms with Crippen LogP contribution < -0.4 is 10.6 Å². The molecule has 1 saturated heterocycles. The van der Waals surface area contributed by atoms with Gasteiger partial charge in [-0.25, -0.2) is 0 Å². The Bertz CT molecular complexity index is 455. The molecule has 0 saturated carbocycles. The van der Waals surface area contributed by atoms with Crippen molar-refractivity contribution in [3.05, 3.63) is 0 Å². The molecule has 0 spiro atoms. The van der Waals surface area contributed by atoms with Crippen molar-refractivity contribution in [1.82, 2.24) is 10.6 Å². The van der Waals surface area contributed by atoms with Gasteiger partial charge in [0, 0.05) is 24.9 Å². The number of carboxylic acids is 1. The lowest BCUT2D eigenvalue weighted by Gasteiger charge is -2.31. The summed E-state index contributed by atoms with van der Waals surface area (Å²) in [6, 6.07) is -1.14. The summed E-state index contributed by atoms with van der Waals surface area (Å²) in [5.41, 5.74) is 0.492. The van der Waals surface area contributed by atoms with Crippen LogP contribution in [0.1, 0.15) is 53.4 Å². The van der Waals surface area contributed by atoms with Crippen molar-refractivity contribution in [3.8, 4) is 0 Å². The molecule has 4 atom stereocenters. The highest BCUT2D eigenvalue weighted by atomic mass is 35.5. The summed E-state index contributed by atoms with van der Waals surface area (Å²) in [7, 11) is 0. The second kappa shape index (κ2) is 10.5. The van der Waals surface area contributed by atoms with Crippen LogP contribution in [0.3, 0.4) is 0 Å². The minimum atomic E-state index is -0.924. The van der Waals surface area contributed by atoms with E-state index in [1.165, 1.54) is 6.92 Å². The Morgan fingerprint density at radius 2 is 1.88 bits per heavy atom. The Kier molecular flexibility index (Phi) is 9.92. The van der Waals surface area contributed by atoms with Crippen molar-refractivity contribution in [3.63, 3.8) is 0 Å². The Morgan fingerprint density at radius 3 is 2.29 bits per heavy atom. The van der Waals surface area contributed by atoms with Gasteiger partial charge in [-0.1, -0.05) is 31.8 Å². The summed E-state index contributed by atoms with van der Waals surface area (Å²) in [6.45, 7) is 7.37. The lowest BCUT2D eigenvalue weighted by molar-refractivity contribution is -0.139. The van der Waals surface area contributed by atoms with Crippen molar-refractivity contribution < 1.29 is 19.9 Å². The van der Waals surface area contributed by atoms with Gasteiger partial charge in [0.2, 0.25) is 5.91 Å².